The lowest BCUT2D eigenvalue weighted by Crippen LogP contribution is -2.28. The fraction of sp³-hybridized carbons (Fsp3) is 0.562. The van der Waals surface area contributed by atoms with E-state index in [-0.39, 0.29) is 24.1 Å². The minimum atomic E-state index is -0.209. The third-order valence-electron chi connectivity index (χ3n) is 3.90. The zero-order valence-corrected chi connectivity index (χ0v) is 13.3. The summed E-state index contributed by atoms with van der Waals surface area (Å²) in [6.45, 7) is 3.59. The van der Waals surface area contributed by atoms with Crippen molar-refractivity contribution in [1.29, 1.82) is 0 Å². The van der Waals surface area contributed by atoms with Gasteiger partial charge < -0.3 is 10.6 Å². The molecular formula is C16H24ClFN2O. The van der Waals surface area contributed by atoms with Gasteiger partial charge in [-0.2, -0.15) is 0 Å². The van der Waals surface area contributed by atoms with Crippen molar-refractivity contribution in [2.24, 2.45) is 0 Å². The average molecular weight is 315 g/mol. The normalized spacial score (nSPS) is 17.3. The summed E-state index contributed by atoms with van der Waals surface area (Å²) in [4.78, 5) is 11.7. The highest BCUT2D eigenvalue weighted by Gasteiger charge is 2.14. The maximum absolute atomic E-state index is 13.0. The van der Waals surface area contributed by atoms with Gasteiger partial charge in [-0.3, -0.25) is 4.79 Å². The first kappa shape index (κ1) is 17.9. The first-order chi connectivity index (χ1) is 9.65. The molecule has 0 saturated carbocycles. The van der Waals surface area contributed by atoms with Crippen LogP contribution in [0, 0.1) is 12.7 Å². The molecule has 1 heterocycles. The summed E-state index contributed by atoms with van der Waals surface area (Å²) in [6.07, 6.45) is 4.65. The topological polar surface area (TPSA) is 41.1 Å². The third-order valence-corrected chi connectivity index (χ3v) is 3.90. The van der Waals surface area contributed by atoms with Gasteiger partial charge in [-0.05, 0) is 62.4 Å². The number of amides is 1. The maximum atomic E-state index is 13.0. The van der Waals surface area contributed by atoms with Crippen LogP contribution in [0.3, 0.4) is 0 Å². The fourth-order valence-corrected chi connectivity index (χ4v) is 2.67. The third kappa shape index (κ3) is 6.02. The van der Waals surface area contributed by atoms with E-state index in [1.165, 1.54) is 25.0 Å². The van der Waals surface area contributed by atoms with E-state index >= 15 is 0 Å². The molecule has 2 N–H and O–H groups in total. The van der Waals surface area contributed by atoms with Crippen molar-refractivity contribution in [2.45, 2.75) is 45.1 Å². The Balaban J connectivity index is 0.00000220. The highest BCUT2D eigenvalue weighted by atomic mass is 35.5. The molecule has 1 aliphatic heterocycles. The molecule has 0 aliphatic carbocycles. The Hall–Kier alpha value is -1.13. The number of rotatable bonds is 6. The molecule has 1 aromatic rings. The van der Waals surface area contributed by atoms with Crippen molar-refractivity contribution >= 4 is 18.3 Å². The van der Waals surface area contributed by atoms with Crippen molar-refractivity contribution in [1.82, 2.24) is 10.6 Å². The van der Waals surface area contributed by atoms with Crippen LogP contribution >= 0.6 is 12.4 Å². The summed E-state index contributed by atoms with van der Waals surface area (Å²) >= 11 is 0. The molecule has 1 unspecified atom stereocenters. The molecule has 0 spiro atoms. The van der Waals surface area contributed by atoms with Gasteiger partial charge >= 0.3 is 0 Å². The molecule has 2 rings (SSSR count). The second kappa shape index (κ2) is 9.00. The van der Waals surface area contributed by atoms with Crippen molar-refractivity contribution in [3.05, 3.63) is 35.1 Å². The van der Waals surface area contributed by atoms with Crippen LogP contribution in [0.1, 0.15) is 36.8 Å². The number of carbonyl (C=O) groups excluding carboxylic acids is 1. The lowest BCUT2D eigenvalue weighted by Gasteiger charge is -2.10. The van der Waals surface area contributed by atoms with E-state index in [1.54, 1.807) is 6.07 Å². The van der Waals surface area contributed by atoms with Gasteiger partial charge in [-0.1, -0.05) is 6.07 Å². The van der Waals surface area contributed by atoms with Gasteiger partial charge in [0.25, 0.3) is 0 Å². The quantitative estimate of drug-likeness (QED) is 0.847. The minimum Gasteiger partial charge on any atom is -0.356 e. The Morgan fingerprint density at radius 3 is 2.95 bits per heavy atom. The average Bonchev–Trinajstić information content (AvgIpc) is 2.92. The lowest BCUT2D eigenvalue weighted by atomic mass is 10.1. The predicted octanol–water partition coefficient (Wildman–Crippen LogP) is 2.75. The predicted molar refractivity (Wildman–Crippen MR) is 85.4 cm³/mol. The summed E-state index contributed by atoms with van der Waals surface area (Å²) < 4.78 is 13.0. The Morgan fingerprint density at radius 2 is 2.29 bits per heavy atom. The summed E-state index contributed by atoms with van der Waals surface area (Å²) in [6, 6.07) is 5.30. The van der Waals surface area contributed by atoms with Crippen LogP contribution in [0.5, 0.6) is 0 Å². The maximum Gasteiger partial charge on any atom is 0.220 e. The number of nitrogens with one attached hydrogen (secondary N) is 2. The van der Waals surface area contributed by atoms with Gasteiger partial charge in [-0.15, -0.1) is 12.4 Å². The molecule has 3 nitrogen and oxygen atoms in total. The molecule has 1 atom stereocenters. The van der Waals surface area contributed by atoms with Gasteiger partial charge in [-0.25, -0.2) is 4.39 Å². The molecule has 1 fully saturated rings. The molecular weight excluding hydrogens is 291 g/mol. The van der Waals surface area contributed by atoms with Crippen LogP contribution in [0.4, 0.5) is 4.39 Å². The highest BCUT2D eigenvalue weighted by molar-refractivity contribution is 5.85. The molecule has 118 valence electrons. The molecule has 0 radical (unpaired) electrons. The molecule has 1 aliphatic rings. The standard InChI is InChI=1S/C16H23FN2O.ClH/c1-12-11-14(17)5-4-13(12)8-10-19-16(20)7-6-15-3-2-9-18-15;/h4-5,11,15,18H,2-3,6-10H2,1H3,(H,19,20);1H. The van der Waals surface area contributed by atoms with Crippen LogP contribution in [0.15, 0.2) is 18.2 Å². The van der Waals surface area contributed by atoms with Gasteiger partial charge in [0.1, 0.15) is 5.82 Å². The number of hydrogen-bond acceptors (Lipinski definition) is 2. The smallest absolute Gasteiger partial charge is 0.220 e. The minimum absolute atomic E-state index is 0. The Kier molecular flexibility index (Phi) is 7.68. The van der Waals surface area contributed by atoms with Crippen LogP contribution in [-0.4, -0.2) is 25.0 Å². The van der Waals surface area contributed by atoms with Gasteiger partial charge in [0.2, 0.25) is 5.91 Å². The van der Waals surface area contributed by atoms with Crippen molar-refractivity contribution in [3.8, 4) is 0 Å². The van der Waals surface area contributed by atoms with Gasteiger partial charge in [0, 0.05) is 19.0 Å². The fourth-order valence-electron chi connectivity index (χ4n) is 2.67. The van der Waals surface area contributed by atoms with Gasteiger partial charge in [0.15, 0.2) is 0 Å². The van der Waals surface area contributed by atoms with Crippen molar-refractivity contribution in [3.63, 3.8) is 0 Å². The largest absolute Gasteiger partial charge is 0.356 e. The van der Waals surface area contributed by atoms with E-state index in [2.05, 4.69) is 10.6 Å². The summed E-state index contributed by atoms with van der Waals surface area (Å²) in [5, 5.41) is 6.33. The Labute approximate surface area is 132 Å². The van der Waals surface area contributed by atoms with E-state index in [0.717, 1.165) is 30.5 Å². The first-order valence-electron chi connectivity index (χ1n) is 7.40. The van der Waals surface area contributed by atoms with Crippen LogP contribution in [0.25, 0.3) is 0 Å². The summed E-state index contributed by atoms with van der Waals surface area (Å²) in [5.41, 5.74) is 2.03. The van der Waals surface area contributed by atoms with Crippen LogP contribution in [0.2, 0.25) is 0 Å². The second-order valence-corrected chi connectivity index (χ2v) is 5.50. The van der Waals surface area contributed by atoms with Crippen molar-refractivity contribution < 1.29 is 9.18 Å². The van der Waals surface area contributed by atoms with E-state index in [4.69, 9.17) is 0 Å². The zero-order chi connectivity index (χ0) is 14.4. The molecule has 21 heavy (non-hydrogen) atoms. The van der Waals surface area contributed by atoms with E-state index < -0.39 is 0 Å². The molecule has 1 aromatic carbocycles. The monoisotopic (exact) mass is 314 g/mol. The molecule has 0 bridgehead atoms. The van der Waals surface area contributed by atoms with Crippen LogP contribution < -0.4 is 10.6 Å². The highest BCUT2D eigenvalue weighted by Crippen LogP contribution is 2.11. The summed E-state index contributed by atoms with van der Waals surface area (Å²) in [7, 11) is 0. The molecule has 1 amide bonds. The Bertz CT molecular complexity index is 462. The lowest BCUT2D eigenvalue weighted by molar-refractivity contribution is -0.121. The number of hydrogen-bond donors (Lipinski definition) is 2. The number of aryl methyl sites for hydroxylation is 1. The number of carbonyl (C=O) groups is 1. The van der Waals surface area contributed by atoms with E-state index in [0.29, 0.717) is 19.0 Å². The second-order valence-electron chi connectivity index (χ2n) is 5.50. The van der Waals surface area contributed by atoms with Crippen LogP contribution in [-0.2, 0) is 11.2 Å². The number of halogens is 2. The SMILES string of the molecule is Cc1cc(F)ccc1CCNC(=O)CCC1CCCN1.Cl. The Morgan fingerprint density at radius 1 is 1.48 bits per heavy atom. The molecule has 5 heteroatoms. The first-order valence-corrected chi connectivity index (χ1v) is 7.40. The molecule has 0 aromatic heterocycles. The van der Waals surface area contributed by atoms with E-state index in [1.807, 2.05) is 6.92 Å². The summed E-state index contributed by atoms with van der Waals surface area (Å²) in [5.74, 6) is -0.0992. The van der Waals surface area contributed by atoms with Crippen molar-refractivity contribution in [2.75, 3.05) is 13.1 Å². The zero-order valence-electron chi connectivity index (χ0n) is 12.5. The molecule has 1 saturated heterocycles. The number of benzene rings is 1. The van der Waals surface area contributed by atoms with Gasteiger partial charge in [0.05, 0.1) is 0 Å². The van der Waals surface area contributed by atoms with E-state index in [9.17, 15) is 9.18 Å².